The maximum absolute atomic E-state index is 12.9. The van der Waals surface area contributed by atoms with E-state index in [2.05, 4.69) is 0 Å². The molecule has 88 valence electrons. The molecule has 0 saturated heterocycles. The third kappa shape index (κ3) is 2.56. The van der Waals surface area contributed by atoms with E-state index in [0.29, 0.717) is 13.3 Å². The normalized spacial score (nSPS) is 11.3. The number of aryl methyl sites for hydroxylation is 1. The fraction of sp³-hybridized carbons (Fsp3) is 0.417. The van der Waals surface area contributed by atoms with Crippen LogP contribution in [0.25, 0.3) is 0 Å². The van der Waals surface area contributed by atoms with Crippen molar-refractivity contribution < 1.29 is 18.3 Å². The number of carbonyl (C=O) groups is 1. The zero-order valence-corrected chi connectivity index (χ0v) is 9.51. The predicted molar refractivity (Wildman–Crippen MR) is 57.3 cm³/mol. The molecule has 0 N–H and O–H groups in total. The Labute approximate surface area is 93.2 Å². The van der Waals surface area contributed by atoms with Gasteiger partial charge in [0.15, 0.2) is 0 Å². The molecule has 4 heteroatoms. The van der Waals surface area contributed by atoms with Gasteiger partial charge in [-0.3, -0.25) is 4.79 Å². The molecule has 2 nitrogen and oxygen atoms in total. The number of hydrogen-bond donors (Lipinski definition) is 0. The molecule has 1 aromatic rings. The van der Waals surface area contributed by atoms with Gasteiger partial charge in [0.25, 0.3) is 0 Å². The van der Waals surface area contributed by atoms with E-state index < -0.39 is 11.7 Å². The van der Waals surface area contributed by atoms with Crippen LogP contribution in [0.4, 0.5) is 8.78 Å². The molecule has 0 aliphatic heterocycles. The Balaban J connectivity index is 3.24. The summed E-state index contributed by atoms with van der Waals surface area (Å²) in [5.74, 6) is -4.40. The number of hydrogen-bond acceptors (Lipinski definition) is 2. The van der Waals surface area contributed by atoms with Crippen molar-refractivity contribution >= 4 is 5.78 Å². The van der Waals surface area contributed by atoms with E-state index in [1.165, 1.54) is 19.2 Å². The van der Waals surface area contributed by atoms with Crippen LogP contribution < -0.4 is 4.74 Å². The minimum atomic E-state index is -3.38. The number of carbonyl (C=O) groups excluding carboxylic acids is 1. The maximum atomic E-state index is 12.9. The van der Waals surface area contributed by atoms with Crippen molar-refractivity contribution in [3.8, 4) is 5.75 Å². The number of Topliss-reactive ketones (excluding diaryl/α,β-unsaturated/α-hetero) is 1. The minimum absolute atomic E-state index is 0.0608. The summed E-state index contributed by atoms with van der Waals surface area (Å²) < 4.78 is 30.8. The van der Waals surface area contributed by atoms with Crippen molar-refractivity contribution in [1.29, 1.82) is 0 Å². The summed E-state index contributed by atoms with van der Waals surface area (Å²) in [6.45, 7) is 2.48. The molecule has 1 rings (SSSR count). The van der Waals surface area contributed by atoms with Gasteiger partial charge in [-0.05, 0) is 24.1 Å². The monoisotopic (exact) mass is 228 g/mol. The molecule has 0 radical (unpaired) electrons. The van der Waals surface area contributed by atoms with Crippen LogP contribution >= 0.6 is 0 Å². The van der Waals surface area contributed by atoms with E-state index in [1.807, 2.05) is 6.92 Å². The summed E-state index contributed by atoms with van der Waals surface area (Å²) in [6.07, 6.45) is 0.680. The van der Waals surface area contributed by atoms with Gasteiger partial charge < -0.3 is 4.74 Å². The minimum Gasteiger partial charge on any atom is -0.496 e. The van der Waals surface area contributed by atoms with Crippen LogP contribution in [0.3, 0.4) is 0 Å². The average Bonchev–Trinajstić information content (AvgIpc) is 2.25. The number of benzene rings is 1. The Morgan fingerprint density at radius 1 is 1.44 bits per heavy atom. The highest BCUT2D eigenvalue weighted by molar-refractivity contribution is 6.03. The highest BCUT2D eigenvalue weighted by atomic mass is 19.3. The first kappa shape index (κ1) is 12.6. The first-order chi connectivity index (χ1) is 7.40. The van der Waals surface area contributed by atoms with Crippen LogP contribution in [0.2, 0.25) is 0 Å². The second-order valence-electron chi connectivity index (χ2n) is 3.61. The first-order valence-electron chi connectivity index (χ1n) is 4.99. The van der Waals surface area contributed by atoms with Crippen molar-refractivity contribution in [3.63, 3.8) is 0 Å². The van der Waals surface area contributed by atoms with E-state index >= 15 is 0 Å². The van der Waals surface area contributed by atoms with Gasteiger partial charge in [0.2, 0.25) is 5.78 Å². The molecule has 0 aliphatic carbocycles. The number of methoxy groups -OCH3 is 1. The summed E-state index contributed by atoms with van der Waals surface area (Å²) in [7, 11) is 1.35. The van der Waals surface area contributed by atoms with Crippen molar-refractivity contribution in [1.82, 2.24) is 0 Å². The summed E-state index contributed by atoms with van der Waals surface area (Å²) >= 11 is 0. The third-order valence-corrected chi connectivity index (χ3v) is 2.32. The van der Waals surface area contributed by atoms with E-state index in [-0.39, 0.29) is 11.3 Å². The van der Waals surface area contributed by atoms with E-state index in [9.17, 15) is 13.6 Å². The van der Waals surface area contributed by atoms with Crippen molar-refractivity contribution in [2.75, 3.05) is 7.11 Å². The van der Waals surface area contributed by atoms with Crippen LogP contribution in [0, 0.1) is 0 Å². The van der Waals surface area contributed by atoms with Crippen LogP contribution in [0.1, 0.15) is 29.8 Å². The Kier molecular flexibility index (Phi) is 3.62. The quantitative estimate of drug-likeness (QED) is 0.740. The summed E-state index contributed by atoms with van der Waals surface area (Å²) in [4.78, 5) is 11.5. The smallest absolute Gasteiger partial charge is 0.307 e. The van der Waals surface area contributed by atoms with Crippen molar-refractivity contribution in [2.24, 2.45) is 0 Å². The van der Waals surface area contributed by atoms with E-state index in [1.54, 1.807) is 6.07 Å². The predicted octanol–water partition coefficient (Wildman–Crippen LogP) is 3.10. The standard InChI is InChI=1S/C12H14F2O2/c1-4-8-5-6-10(16-3)9(7-8)11(15)12(2,13)14/h5-7H,4H2,1-3H3. The Hall–Kier alpha value is -1.45. The molecule has 0 amide bonds. The first-order valence-corrected chi connectivity index (χ1v) is 4.99. The number of rotatable bonds is 4. The summed E-state index contributed by atoms with van der Waals surface area (Å²) in [5, 5.41) is 0. The van der Waals surface area contributed by atoms with Gasteiger partial charge in [0, 0.05) is 6.92 Å². The van der Waals surface area contributed by atoms with E-state index in [0.717, 1.165) is 5.56 Å². The Morgan fingerprint density at radius 2 is 2.06 bits per heavy atom. The zero-order chi connectivity index (χ0) is 12.3. The van der Waals surface area contributed by atoms with Crippen LogP contribution in [0.15, 0.2) is 18.2 Å². The number of ether oxygens (including phenoxy) is 1. The van der Waals surface area contributed by atoms with Crippen LogP contribution in [0.5, 0.6) is 5.75 Å². The van der Waals surface area contributed by atoms with Gasteiger partial charge in [0.1, 0.15) is 5.75 Å². The highest BCUT2D eigenvalue weighted by Crippen LogP contribution is 2.27. The fourth-order valence-electron chi connectivity index (χ4n) is 1.39. The molecule has 0 fully saturated rings. The Bertz CT molecular complexity index is 394. The summed E-state index contributed by atoms with van der Waals surface area (Å²) in [5.41, 5.74) is 0.766. The van der Waals surface area contributed by atoms with Gasteiger partial charge in [0.05, 0.1) is 12.7 Å². The molecular weight excluding hydrogens is 214 g/mol. The molecule has 0 atom stereocenters. The number of alkyl halides is 2. The SMILES string of the molecule is CCc1ccc(OC)c(C(=O)C(C)(F)F)c1. The topological polar surface area (TPSA) is 26.3 Å². The maximum Gasteiger partial charge on any atom is 0.307 e. The molecule has 0 bridgehead atoms. The highest BCUT2D eigenvalue weighted by Gasteiger charge is 2.35. The zero-order valence-electron chi connectivity index (χ0n) is 9.51. The second kappa shape index (κ2) is 4.60. The average molecular weight is 228 g/mol. The molecule has 0 spiro atoms. The molecule has 1 aromatic carbocycles. The summed E-state index contributed by atoms with van der Waals surface area (Å²) in [6, 6.07) is 4.75. The molecule has 0 aromatic heterocycles. The van der Waals surface area contributed by atoms with Crippen LogP contribution in [-0.2, 0) is 6.42 Å². The van der Waals surface area contributed by atoms with Gasteiger partial charge >= 0.3 is 5.92 Å². The molecule has 0 unspecified atom stereocenters. The molecule has 0 saturated carbocycles. The van der Waals surface area contributed by atoms with Crippen molar-refractivity contribution in [2.45, 2.75) is 26.2 Å². The lowest BCUT2D eigenvalue weighted by atomic mass is 10.0. The van der Waals surface area contributed by atoms with Crippen LogP contribution in [-0.4, -0.2) is 18.8 Å². The van der Waals surface area contributed by atoms with Gasteiger partial charge in [-0.1, -0.05) is 13.0 Å². The molecule has 0 heterocycles. The number of halogens is 2. The number of ketones is 1. The largest absolute Gasteiger partial charge is 0.496 e. The lowest BCUT2D eigenvalue weighted by Gasteiger charge is -2.13. The van der Waals surface area contributed by atoms with Crippen molar-refractivity contribution in [3.05, 3.63) is 29.3 Å². The van der Waals surface area contributed by atoms with Gasteiger partial charge in [-0.2, -0.15) is 8.78 Å². The fourth-order valence-corrected chi connectivity index (χ4v) is 1.39. The van der Waals surface area contributed by atoms with Gasteiger partial charge in [-0.15, -0.1) is 0 Å². The molecular formula is C12H14F2O2. The molecule has 16 heavy (non-hydrogen) atoms. The second-order valence-corrected chi connectivity index (χ2v) is 3.61. The third-order valence-electron chi connectivity index (χ3n) is 2.32. The van der Waals surface area contributed by atoms with Gasteiger partial charge in [-0.25, -0.2) is 0 Å². The lowest BCUT2D eigenvalue weighted by molar-refractivity contribution is 0.0219. The molecule has 0 aliphatic rings. The Morgan fingerprint density at radius 3 is 2.50 bits per heavy atom. The van der Waals surface area contributed by atoms with E-state index in [4.69, 9.17) is 4.74 Å². The lowest BCUT2D eigenvalue weighted by Crippen LogP contribution is -2.25.